The van der Waals surface area contributed by atoms with Gasteiger partial charge in [0.1, 0.15) is 23.9 Å². The van der Waals surface area contributed by atoms with Crippen molar-refractivity contribution < 1.29 is 38.4 Å². The van der Waals surface area contributed by atoms with Crippen LogP contribution >= 0.6 is 0 Å². The molecule has 0 unspecified atom stereocenters. The van der Waals surface area contributed by atoms with Crippen molar-refractivity contribution in [1.82, 2.24) is 41.7 Å². The van der Waals surface area contributed by atoms with Crippen LogP contribution < -0.4 is 31.9 Å². The number of benzene rings is 5. The topological polar surface area (TPSA) is 215 Å². The number of nitrogens with one attached hydrogen (secondary N) is 6. The van der Waals surface area contributed by atoms with E-state index in [0.717, 1.165) is 22.3 Å². The number of nitrogens with zero attached hydrogens (tertiary/aromatic N) is 2. The van der Waals surface area contributed by atoms with Crippen molar-refractivity contribution in [3.05, 3.63) is 179 Å². The summed E-state index contributed by atoms with van der Waals surface area (Å²) in [6, 6.07) is 38.3. The molecule has 5 aromatic carbocycles. The third-order valence-corrected chi connectivity index (χ3v) is 16.1. The minimum Gasteiger partial charge on any atom is -0.347 e. The van der Waals surface area contributed by atoms with E-state index in [2.05, 4.69) is 31.9 Å². The third kappa shape index (κ3) is 15.3. The first-order valence-electron chi connectivity index (χ1n) is 28.6. The van der Waals surface area contributed by atoms with E-state index in [4.69, 9.17) is 0 Å². The van der Waals surface area contributed by atoms with E-state index in [1.165, 1.54) is 34.1 Å². The maximum absolute atomic E-state index is 14.9. The Hall–Kier alpha value is -7.98. The number of carbonyl (C=O) groups is 8. The van der Waals surface area contributed by atoms with E-state index in [1.807, 2.05) is 170 Å². The molecule has 16 heteroatoms. The fraction of sp³-hybridized carbons (Fsp3) is 0.424. The fourth-order valence-corrected chi connectivity index (χ4v) is 10.7. The second-order valence-corrected chi connectivity index (χ2v) is 24.1. The zero-order valence-electron chi connectivity index (χ0n) is 49.0. The van der Waals surface area contributed by atoms with Crippen molar-refractivity contribution in [3.63, 3.8) is 0 Å². The van der Waals surface area contributed by atoms with Gasteiger partial charge in [0.2, 0.25) is 29.5 Å². The predicted molar refractivity (Wildman–Crippen MR) is 317 cm³/mol. The Balaban J connectivity index is 1.10. The van der Waals surface area contributed by atoms with Crippen molar-refractivity contribution in [2.75, 3.05) is 20.1 Å². The Labute approximate surface area is 483 Å². The van der Waals surface area contributed by atoms with Gasteiger partial charge in [-0.15, -0.1) is 0 Å². The van der Waals surface area contributed by atoms with Crippen molar-refractivity contribution in [3.8, 4) is 0 Å². The largest absolute Gasteiger partial charge is 0.347 e. The Morgan fingerprint density at radius 3 is 1.21 bits per heavy atom. The monoisotopic (exact) mass is 1110 g/mol. The van der Waals surface area contributed by atoms with E-state index in [1.54, 1.807) is 20.9 Å². The molecule has 434 valence electrons. The van der Waals surface area contributed by atoms with E-state index in [9.17, 15) is 38.4 Å². The van der Waals surface area contributed by atoms with E-state index >= 15 is 0 Å². The van der Waals surface area contributed by atoms with Gasteiger partial charge in [0.15, 0.2) is 0 Å². The summed E-state index contributed by atoms with van der Waals surface area (Å²) in [4.78, 5) is 117. The van der Waals surface area contributed by atoms with Crippen LogP contribution in [0.2, 0.25) is 0 Å². The van der Waals surface area contributed by atoms with Crippen LogP contribution in [0.25, 0.3) is 0 Å². The molecule has 5 aromatic rings. The van der Waals surface area contributed by atoms with Crippen LogP contribution in [0.4, 0.5) is 0 Å². The Bertz CT molecular complexity index is 2740. The summed E-state index contributed by atoms with van der Waals surface area (Å²) >= 11 is 0. The van der Waals surface area contributed by atoms with Gasteiger partial charge >= 0.3 is 0 Å². The molecule has 2 saturated heterocycles. The number of rotatable bonds is 21. The lowest BCUT2D eigenvalue weighted by Crippen LogP contribution is -2.58. The second-order valence-electron chi connectivity index (χ2n) is 24.1. The van der Waals surface area contributed by atoms with Gasteiger partial charge in [0.05, 0.1) is 18.1 Å². The lowest BCUT2D eigenvalue weighted by molar-refractivity contribution is -0.146. The smallest absolute Gasteiger partial charge is 0.251 e. The van der Waals surface area contributed by atoms with Crippen LogP contribution in [0.5, 0.6) is 0 Å². The van der Waals surface area contributed by atoms with E-state index in [-0.39, 0.29) is 67.0 Å². The SMILES string of the molecule is CC[C@@H](C)C(=O)N[C@H](C(=O)N1C[C@@H](NC(=O)c2ccc(C(=O)N[C@H]3C[C@@H](C(=O)NC(c4ccccc4)c4ccccc4)N(C(=O)[C@@H](CC(=O)[C@H](C)NC)C(C)(C)C)C3)cc2)C[C@H]1C(=O)NC(c1ccccc1)c1ccccc1)C(C)(C)C. The Kier molecular flexibility index (Phi) is 20.4. The van der Waals surface area contributed by atoms with E-state index < -0.39 is 94.6 Å². The molecular formula is C66H82N8O8. The van der Waals surface area contributed by atoms with Gasteiger partial charge in [-0.1, -0.05) is 177 Å². The van der Waals surface area contributed by atoms with Gasteiger partial charge in [0.25, 0.3) is 11.8 Å². The summed E-state index contributed by atoms with van der Waals surface area (Å²) in [6.07, 6.45) is 0.699. The average molecular weight is 1120 g/mol. The molecule has 0 saturated carbocycles. The number of likely N-dealkylation sites (tertiary alicyclic amines) is 2. The van der Waals surface area contributed by atoms with Crippen LogP contribution in [0, 0.1) is 22.7 Å². The van der Waals surface area contributed by atoms with Gasteiger partial charge in [-0.05, 0) is 90.6 Å². The highest BCUT2D eigenvalue weighted by Gasteiger charge is 2.48. The summed E-state index contributed by atoms with van der Waals surface area (Å²) in [5, 5.41) is 18.5. The van der Waals surface area contributed by atoms with Crippen LogP contribution in [-0.2, 0) is 28.8 Å². The highest BCUT2D eigenvalue weighted by molar-refractivity contribution is 5.99. The molecule has 16 nitrogen and oxygen atoms in total. The van der Waals surface area contributed by atoms with Crippen LogP contribution in [0.3, 0.4) is 0 Å². The van der Waals surface area contributed by atoms with Gasteiger partial charge in [0, 0.05) is 54.6 Å². The number of amides is 7. The normalized spacial score (nSPS) is 18.7. The van der Waals surface area contributed by atoms with Crippen LogP contribution in [-0.4, -0.2) is 113 Å². The first-order chi connectivity index (χ1) is 39.0. The lowest BCUT2D eigenvalue weighted by atomic mass is 9.76. The molecule has 0 spiro atoms. The summed E-state index contributed by atoms with van der Waals surface area (Å²) in [7, 11) is 1.69. The quantitative estimate of drug-likeness (QED) is 0.0424. The first-order valence-corrected chi connectivity index (χ1v) is 28.6. The molecule has 7 rings (SSSR count). The third-order valence-electron chi connectivity index (χ3n) is 16.1. The molecular weight excluding hydrogens is 1030 g/mol. The van der Waals surface area contributed by atoms with Gasteiger partial charge < -0.3 is 41.7 Å². The summed E-state index contributed by atoms with van der Waals surface area (Å²) < 4.78 is 0. The molecule has 2 fully saturated rings. The number of hydrogen-bond donors (Lipinski definition) is 6. The lowest BCUT2D eigenvalue weighted by Gasteiger charge is -2.36. The maximum atomic E-state index is 14.9. The first kappa shape index (κ1) is 61.6. The number of Topliss-reactive ketones (excluding diaryl/α,β-unsaturated/α-hetero) is 1. The molecule has 0 aliphatic carbocycles. The van der Waals surface area contributed by atoms with E-state index in [0.29, 0.717) is 6.42 Å². The number of carbonyl (C=O) groups excluding carboxylic acids is 8. The summed E-state index contributed by atoms with van der Waals surface area (Å²) in [5.41, 5.74) is 2.41. The molecule has 0 bridgehead atoms. The number of hydrogen-bond acceptors (Lipinski definition) is 9. The van der Waals surface area contributed by atoms with Gasteiger partial charge in [-0.25, -0.2) is 0 Å². The van der Waals surface area contributed by atoms with Gasteiger partial charge in [-0.2, -0.15) is 0 Å². The van der Waals surface area contributed by atoms with Crippen molar-refractivity contribution in [1.29, 1.82) is 0 Å². The molecule has 7 amide bonds. The molecule has 0 aromatic heterocycles. The van der Waals surface area contributed by atoms with Crippen LogP contribution in [0.15, 0.2) is 146 Å². The van der Waals surface area contributed by atoms with Crippen LogP contribution in [0.1, 0.15) is 143 Å². The van der Waals surface area contributed by atoms with Crippen molar-refractivity contribution in [2.24, 2.45) is 22.7 Å². The Morgan fingerprint density at radius 2 is 0.878 bits per heavy atom. The number of ketones is 1. The molecule has 8 atom stereocenters. The fourth-order valence-electron chi connectivity index (χ4n) is 10.7. The molecule has 2 heterocycles. The standard InChI is InChI=1S/C66H82N8O8/c1-11-41(2)58(76)72-57(66(7,8)9)64(82)74-40-50(37-53(74)62(80)71-56(45-28-20-14-21-29-45)46-30-22-15-23-31-46)69-60(78)48-34-32-47(33-35-48)59(77)68-49-36-52(73(39-49)63(81)51(65(4,5)6)38-54(75)42(3)67-10)61(79)70-55(43-24-16-12-17-25-43)44-26-18-13-19-27-44/h12-35,41-42,49-53,55-57,67H,11,36-40H2,1-10H3,(H,68,77)(H,69,78)(H,70,79)(H,71,80)(H,72,76)/t41-,42+,49+,50+,51-,52+,53+,57-/m1/s1. The molecule has 0 radical (unpaired) electrons. The summed E-state index contributed by atoms with van der Waals surface area (Å²) in [5.74, 6) is -4.15. The molecule has 82 heavy (non-hydrogen) atoms. The van der Waals surface area contributed by atoms with Gasteiger partial charge in [-0.3, -0.25) is 38.4 Å². The van der Waals surface area contributed by atoms with Crippen molar-refractivity contribution in [2.45, 2.75) is 136 Å². The minimum absolute atomic E-state index is 0.00661. The number of likely N-dealkylation sites (N-methyl/N-ethyl adjacent to an activating group) is 1. The maximum Gasteiger partial charge on any atom is 0.251 e. The predicted octanol–water partition coefficient (Wildman–Crippen LogP) is 7.70. The highest BCUT2D eigenvalue weighted by atomic mass is 16.2. The average Bonchev–Trinajstić information content (AvgIpc) is 4.33. The second kappa shape index (κ2) is 27.2. The molecule has 2 aliphatic rings. The molecule has 6 N–H and O–H groups in total. The molecule has 2 aliphatic heterocycles. The van der Waals surface area contributed by atoms with Crippen molar-refractivity contribution >= 4 is 47.1 Å². The highest BCUT2D eigenvalue weighted by Crippen LogP contribution is 2.35. The zero-order valence-corrected chi connectivity index (χ0v) is 49.0. The zero-order chi connectivity index (χ0) is 59.5. The summed E-state index contributed by atoms with van der Waals surface area (Å²) in [6.45, 7) is 16.7. The minimum atomic E-state index is -1.02. The Morgan fingerprint density at radius 1 is 0.512 bits per heavy atom.